The molecule has 3 aliphatic rings. The molecule has 2 atom stereocenters. The Hall–Kier alpha value is -2.33. The molecule has 1 N–H and O–H groups in total. The van der Waals surface area contributed by atoms with Crippen LogP contribution in [0.25, 0.3) is 5.65 Å². The minimum atomic E-state index is -4.65. The highest BCUT2D eigenvalue weighted by atomic mass is 35.5. The van der Waals surface area contributed by atoms with Gasteiger partial charge >= 0.3 is 6.18 Å². The number of aromatic nitrogens is 2. The summed E-state index contributed by atoms with van der Waals surface area (Å²) < 4.78 is 42.2. The van der Waals surface area contributed by atoms with E-state index in [2.05, 4.69) is 4.98 Å². The monoisotopic (exact) mass is 470 g/mol. The van der Waals surface area contributed by atoms with Gasteiger partial charge in [0.25, 0.3) is 5.91 Å². The summed E-state index contributed by atoms with van der Waals surface area (Å²) in [5.74, 6) is -0.933. The second kappa shape index (κ2) is 7.62. The van der Waals surface area contributed by atoms with E-state index in [1.807, 2.05) is 0 Å². The summed E-state index contributed by atoms with van der Waals surface area (Å²) in [4.78, 5) is 32.5. The van der Waals surface area contributed by atoms with Crippen LogP contribution in [-0.4, -0.2) is 67.9 Å². The molecule has 0 bridgehead atoms. The molecule has 5 rings (SSSR count). The predicted molar refractivity (Wildman–Crippen MR) is 108 cm³/mol. The first-order valence-corrected chi connectivity index (χ1v) is 11.1. The van der Waals surface area contributed by atoms with Crippen LogP contribution in [-0.2, 0) is 11.0 Å². The number of pyridine rings is 1. The van der Waals surface area contributed by atoms with Gasteiger partial charge in [-0.2, -0.15) is 13.2 Å². The molecular weight excluding hydrogens is 449 g/mol. The number of amides is 2. The van der Waals surface area contributed by atoms with Crippen molar-refractivity contribution < 1.29 is 27.9 Å². The van der Waals surface area contributed by atoms with E-state index in [0.29, 0.717) is 18.4 Å². The molecule has 0 aromatic carbocycles. The van der Waals surface area contributed by atoms with Crippen LogP contribution in [0.4, 0.5) is 13.2 Å². The zero-order valence-corrected chi connectivity index (χ0v) is 17.9. The topological polar surface area (TPSA) is 78.2 Å². The van der Waals surface area contributed by atoms with Gasteiger partial charge in [0.2, 0.25) is 5.91 Å². The van der Waals surface area contributed by atoms with Crippen LogP contribution in [0.1, 0.15) is 59.6 Å². The van der Waals surface area contributed by atoms with E-state index >= 15 is 0 Å². The minimum absolute atomic E-state index is 0.0507. The van der Waals surface area contributed by atoms with Gasteiger partial charge in [0.1, 0.15) is 11.7 Å². The molecule has 3 fully saturated rings. The van der Waals surface area contributed by atoms with Gasteiger partial charge < -0.3 is 14.9 Å². The highest BCUT2D eigenvalue weighted by molar-refractivity contribution is 6.33. The van der Waals surface area contributed by atoms with Crippen molar-refractivity contribution >= 4 is 29.1 Å². The van der Waals surface area contributed by atoms with E-state index in [9.17, 15) is 27.9 Å². The standard InChI is InChI=1S/C21H22ClF3N4O3/c22-18-17(20(32)27-6-7-28(16(31)10-27)14-2-1-3-15(14)30)26-19-13(21(23,24)25)8-12(9-29(18)19)11-4-5-11/h8-9,11,14-15,30H,1-7,10H2/t14-,15+/m1/s1. The van der Waals surface area contributed by atoms with E-state index in [-0.39, 0.29) is 48.3 Å². The van der Waals surface area contributed by atoms with Gasteiger partial charge in [0.05, 0.1) is 17.7 Å². The van der Waals surface area contributed by atoms with Gasteiger partial charge in [0.15, 0.2) is 11.3 Å². The van der Waals surface area contributed by atoms with Crippen LogP contribution in [0.2, 0.25) is 5.15 Å². The number of halogens is 4. The summed E-state index contributed by atoms with van der Waals surface area (Å²) >= 11 is 6.34. The van der Waals surface area contributed by atoms with E-state index in [4.69, 9.17) is 11.6 Å². The molecule has 0 unspecified atom stereocenters. The molecule has 32 heavy (non-hydrogen) atoms. The average molecular weight is 471 g/mol. The van der Waals surface area contributed by atoms with Gasteiger partial charge in [-0.15, -0.1) is 0 Å². The Morgan fingerprint density at radius 2 is 1.94 bits per heavy atom. The molecule has 2 saturated carbocycles. The molecule has 2 amide bonds. The molecule has 1 saturated heterocycles. The lowest BCUT2D eigenvalue weighted by Crippen LogP contribution is -2.57. The Balaban J connectivity index is 1.44. The molecule has 2 aliphatic carbocycles. The lowest BCUT2D eigenvalue weighted by Gasteiger charge is -2.38. The van der Waals surface area contributed by atoms with Crippen LogP contribution in [0.5, 0.6) is 0 Å². The second-order valence-electron chi connectivity index (χ2n) is 8.78. The lowest BCUT2D eigenvalue weighted by atomic mass is 10.1. The number of piperazine rings is 1. The molecule has 2 aromatic rings. The highest BCUT2D eigenvalue weighted by Gasteiger charge is 2.40. The normalized spacial score (nSPS) is 24.6. The van der Waals surface area contributed by atoms with Gasteiger partial charge in [0, 0.05) is 19.3 Å². The van der Waals surface area contributed by atoms with Gasteiger partial charge in [-0.25, -0.2) is 4.98 Å². The van der Waals surface area contributed by atoms with Crippen LogP contribution in [0.15, 0.2) is 12.3 Å². The fourth-order valence-electron chi connectivity index (χ4n) is 4.77. The summed E-state index contributed by atoms with van der Waals surface area (Å²) in [6.07, 6.45) is 0.0894. The zero-order valence-electron chi connectivity index (χ0n) is 17.1. The molecule has 0 spiro atoms. The Labute approximate surface area is 186 Å². The molecule has 0 radical (unpaired) electrons. The average Bonchev–Trinajstić information content (AvgIpc) is 3.43. The Bertz CT molecular complexity index is 1100. The smallest absolute Gasteiger partial charge is 0.391 e. The lowest BCUT2D eigenvalue weighted by molar-refractivity contribution is -0.139. The SMILES string of the molecule is O=C(c1nc2c(C(F)(F)F)cc(C3CC3)cn2c1Cl)N1CCN([C@@H]2CCC[C@@H]2O)C(=O)C1. The van der Waals surface area contributed by atoms with Gasteiger partial charge in [-0.3, -0.25) is 14.0 Å². The number of hydrogen-bond acceptors (Lipinski definition) is 4. The maximum absolute atomic E-state index is 13.7. The van der Waals surface area contributed by atoms with Crippen molar-refractivity contribution in [2.45, 2.75) is 56.3 Å². The largest absolute Gasteiger partial charge is 0.419 e. The Morgan fingerprint density at radius 1 is 1.19 bits per heavy atom. The van der Waals surface area contributed by atoms with Crippen molar-refractivity contribution in [3.8, 4) is 0 Å². The first-order chi connectivity index (χ1) is 15.1. The number of aliphatic hydroxyl groups excluding tert-OH is 1. The van der Waals surface area contributed by atoms with Gasteiger partial charge in [-0.05, 0) is 49.7 Å². The summed E-state index contributed by atoms with van der Waals surface area (Å²) in [6, 6.07) is 0.827. The number of hydrogen-bond donors (Lipinski definition) is 1. The number of fused-ring (bicyclic) bond motifs is 1. The van der Waals surface area contributed by atoms with Gasteiger partial charge in [-0.1, -0.05) is 11.6 Å². The third-order valence-electron chi connectivity index (χ3n) is 6.63. The number of aliphatic hydroxyl groups is 1. The fraction of sp³-hybridized carbons (Fsp3) is 0.571. The van der Waals surface area contributed by atoms with Crippen molar-refractivity contribution in [1.29, 1.82) is 0 Å². The Morgan fingerprint density at radius 3 is 2.53 bits per heavy atom. The van der Waals surface area contributed by atoms with Crippen molar-refractivity contribution in [2.75, 3.05) is 19.6 Å². The van der Waals surface area contributed by atoms with E-state index < -0.39 is 29.4 Å². The second-order valence-corrected chi connectivity index (χ2v) is 9.14. The molecule has 7 nitrogen and oxygen atoms in total. The zero-order chi connectivity index (χ0) is 22.8. The van der Waals surface area contributed by atoms with Crippen molar-refractivity contribution in [2.24, 2.45) is 0 Å². The fourth-order valence-corrected chi connectivity index (χ4v) is 5.02. The third kappa shape index (κ3) is 3.63. The van der Waals surface area contributed by atoms with Crippen LogP contribution < -0.4 is 0 Å². The minimum Gasteiger partial charge on any atom is -0.391 e. The molecule has 11 heteroatoms. The Kier molecular flexibility index (Phi) is 5.12. The number of rotatable bonds is 3. The number of imidazole rings is 1. The molecule has 2 aromatic heterocycles. The summed E-state index contributed by atoms with van der Waals surface area (Å²) in [7, 11) is 0. The van der Waals surface area contributed by atoms with Crippen molar-refractivity contribution in [1.82, 2.24) is 19.2 Å². The molecule has 3 heterocycles. The number of carbonyl (C=O) groups is 2. The van der Waals surface area contributed by atoms with Crippen molar-refractivity contribution in [3.63, 3.8) is 0 Å². The summed E-state index contributed by atoms with van der Waals surface area (Å²) in [6.45, 7) is 0.208. The highest BCUT2D eigenvalue weighted by Crippen LogP contribution is 2.43. The molecular formula is C21H22ClF3N4O3. The van der Waals surface area contributed by atoms with Crippen LogP contribution in [0, 0.1) is 0 Å². The maximum atomic E-state index is 13.7. The predicted octanol–water partition coefficient (Wildman–Crippen LogP) is 3.08. The first-order valence-electron chi connectivity index (χ1n) is 10.7. The number of alkyl halides is 3. The number of nitrogens with zero attached hydrogens (tertiary/aromatic N) is 4. The van der Waals surface area contributed by atoms with Crippen molar-refractivity contribution in [3.05, 3.63) is 34.2 Å². The molecule has 1 aliphatic heterocycles. The van der Waals surface area contributed by atoms with Crippen LogP contribution in [0.3, 0.4) is 0 Å². The quantitative estimate of drug-likeness (QED) is 0.748. The van der Waals surface area contributed by atoms with Crippen LogP contribution >= 0.6 is 11.6 Å². The molecule has 172 valence electrons. The van der Waals surface area contributed by atoms with E-state index in [0.717, 1.165) is 29.7 Å². The first kappa shape index (κ1) is 21.5. The van der Waals surface area contributed by atoms with E-state index in [1.54, 1.807) is 4.90 Å². The summed E-state index contributed by atoms with van der Waals surface area (Å²) in [5.41, 5.74) is -1.14. The van der Waals surface area contributed by atoms with E-state index in [1.165, 1.54) is 11.1 Å². The summed E-state index contributed by atoms with van der Waals surface area (Å²) in [5, 5.41) is 9.89. The maximum Gasteiger partial charge on any atom is 0.419 e. The number of carbonyl (C=O) groups excluding carboxylic acids is 2. The third-order valence-corrected chi connectivity index (χ3v) is 6.99.